The Kier molecular flexibility index (Phi) is 3.36. The molecule has 0 bridgehead atoms. The molecule has 0 saturated carbocycles. The molecule has 9 heteroatoms. The Bertz CT molecular complexity index is 285. The van der Waals surface area contributed by atoms with Gasteiger partial charge >= 0.3 is 6.18 Å². The third kappa shape index (κ3) is 4.14. The van der Waals surface area contributed by atoms with E-state index in [1.165, 1.54) is 4.80 Å². The fourth-order valence-electron chi connectivity index (χ4n) is 0.643. The number of halogens is 3. The van der Waals surface area contributed by atoms with Crippen molar-refractivity contribution in [2.24, 2.45) is 7.05 Å². The van der Waals surface area contributed by atoms with Crippen molar-refractivity contribution in [3.05, 3.63) is 5.82 Å². The van der Waals surface area contributed by atoms with E-state index in [9.17, 15) is 13.2 Å². The highest BCUT2D eigenvalue weighted by Crippen LogP contribution is 2.13. The number of aryl methyl sites for hydroxylation is 1. The minimum Gasteiger partial charge on any atom is -0.292 e. The first-order valence-corrected chi connectivity index (χ1v) is 3.61. The van der Waals surface area contributed by atoms with Crippen molar-refractivity contribution in [3.8, 4) is 0 Å². The van der Waals surface area contributed by atoms with E-state index in [4.69, 9.17) is 0 Å². The molecule has 0 aromatic carbocycles. The summed E-state index contributed by atoms with van der Waals surface area (Å²) in [5.41, 5.74) is 2.07. The van der Waals surface area contributed by atoms with Crippen molar-refractivity contribution in [2.75, 3.05) is 6.61 Å². The molecule has 0 aliphatic heterocycles. The molecule has 0 spiro atoms. The molecular formula is C5H8F3N5O. The van der Waals surface area contributed by atoms with Crippen LogP contribution in [0, 0.1) is 0 Å². The summed E-state index contributed by atoms with van der Waals surface area (Å²) in [7, 11) is 1.55. The van der Waals surface area contributed by atoms with Gasteiger partial charge in [-0.15, -0.1) is 10.2 Å². The Morgan fingerprint density at radius 3 is 2.71 bits per heavy atom. The van der Waals surface area contributed by atoms with Gasteiger partial charge in [0.15, 0.2) is 12.4 Å². The monoisotopic (exact) mass is 211 g/mol. The Balaban J connectivity index is 2.16. The van der Waals surface area contributed by atoms with Gasteiger partial charge in [0.2, 0.25) is 0 Å². The van der Waals surface area contributed by atoms with Crippen LogP contribution in [0.4, 0.5) is 13.2 Å². The Hall–Kier alpha value is -1.22. The molecule has 80 valence electrons. The molecule has 0 amide bonds. The zero-order chi connectivity index (χ0) is 10.6. The summed E-state index contributed by atoms with van der Waals surface area (Å²) >= 11 is 0. The highest BCUT2D eigenvalue weighted by molar-refractivity contribution is 4.72. The second kappa shape index (κ2) is 4.33. The maximum Gasteiger partial charge on any atom is 0.413 e. The van der Waals surface area contributed by atoms with Crippen LogP contribution >= 0.6 is 0 Å². The molecular weight excluding hydrogens is 203 g/mol. The molecule has 14 heavy (non-hydrogen) atoms. The van der Waals surface area contributed by atoms with Crippen molar-refractivity contribution in [1.29, 1.82) is 0 Å². The number of rotatable bonds is 4. The lowest BCUT2D eigenvalue weighted by Gasteiger charge is -2.06. The largest absolute Gasteiger partial charge is 0.413 e. The normalized spacial score (nSPS) is 12.0. The molecule has 1 N–H and O–H groups in total. The molecule has 0 aliphatic rings. The fraction of sp³-hybridized carbons (Fsp3) is 0.800. The summed E-state index contributed by atoms with van der Waals surface area (Å²) in [5.74, 6) is 0.259. The summed E-state index contributed by atoms with van der Waals surface area (Å²) in [6, 6.07) is 0. The second-order valence-corrected chi connectivity index (χ2v) is 2.42. The van der Waals surface area contributed by atoms with Gasteiger partial charge in [0.1, 0.15) is 0 Å². The topological polar surface area (TPSA) is 64.9 Å². The van der Waals surface area contributed by atoms with E-state index in [-0.39, 0.29) is 12.4 Å². The molecule has 0 unspecified atom stereocenters. The van der Waals surface area contributed by atoms with E-state index in [1.807, 2.05) is 0 Å². The quantitative estimate of drug-likeness (QED) is 0.551. The molecule has 1 rings (SSSR count). The highest BCUT2D eigenvalue weighted by Gasteiger charge is 2.27. The molecule has 0 saturated heterocycles. The van der Waals surface area contributed by atoms with Gasteiger partial charge in [0.25, 0.3) is 0 Å². The molecule has 0 fully saturated rings. The van der Waals surface area contributed by atoms with E-state index in [0.29, 0.717) is 0 Å². The SMILES string of the molecule is Cn1nnc(CNOCC(F)(F)F)n1. The molecule has 1 aromatic heterocycles. The van der Waals surface area contributed by atoms with Gasteiger partial charge in [-0.3, -0.25) is 4.84 Å². The Morgan fingerprint density at radius 1 is 1.50 bits per heavy atom. The van der Waals surface area contributed by atoms with Gasteiger partial charge in [-0.1, -0.05) is 0 Å². The van der Waals surface area contributed by atoms with Crippen molar-refractivity contribution in [1.82, 2.24) is 25.7 Å². The number of hydrogen-bond acceptors (Lipinski definition) is 5. The second-order valence-electron chi connectivity index (χ2n) is 2.42. The predicted molar refractivity (Wildman–Crippen MR) is 37.6 cm³/mol. The first kappa shape index (κ1) is 10.9. The van der Waals surface area contributed by atoms with E-state index in [2.05, 4.69) is 25.7 Å². The van der Waals surface area contributed by atoms with Crippen LogP contribution in [-0.2, 0) is 18.4 Å². The summed E-state index contributed by atoms with van der Waals surface area (Å²) in [6.45, 7) is -1.38. The Labute approximate surface area is 77.0 Å². The molecule has 1 heterocycles. The lowest BCUT2D eigenvalue weighted by Crippen LogP contribution is -2.24. The van der Waals surface area contributed by atoms with Crippen molar-refractivity contribution < 1.29 is 18.0 Å². The van der Waals surface area contributed by atoms with Crippen LogP contribution in [0.5, 0.6) is 0 Å². The number of nitrogens with zero attached hydrogens (tertiary/aromatic N) is 4. The molecule has 0 radical (unpaired) electrons. The van der Waals surface area contributed by atoms with E-state index < -0.39 is 12.8 Å². The van der Waals surface area contributed by atoms with E-state index in [0.717, 1.165) is 0 Å². The molecule has 0 aliphatic carbocycles. The fourth-order valence-corrected chi connectivity index (χ4v) is 0.643. The summed E-state index contributed by atoms with van der Waals surface area (Å²) in [4.78, 5) is 5.31. The summed E-state index contributed by atoms with van der Waals surface area (Å²) in [5, 5.41) is 10.7. The van der Waals surface area contributed by atoms with Crippen LogP contribution in [0.15, 0.2) is 0 Å². The van der Waals surface area contributed by atoms with Gasteiger partial charge in [-0.25, -0.2) is 0 Å². The lowest BCUT2D eigenvalue weighted by atomic mass is 10.6. The van der Waals surface area contributed by atoms with Crippen LogP contribution in [0.1, 0.15) is 5.82 Å². The number of tetrazole rings is 1. The van der Waals surface area contributed by atoms with Crippen molar-refractivity contribution in [2.45, 2.75) is 12.7 Å². The maximum atomic E-state index is 11.6. The average Bonchev–Trinajstić information content (AvgIpc) is 2.44. The third-order valence-corrected chi connectivity index (χ3v) is 1.12. The van der Waals surface area contributed by atoms with Crippen LogP contribution in [0.3, 0.4) is 0 Å². The number of hydroxylamine groups is 1. The molecule has 6 nitrogen and oxygen atoms in total. The van der Waals surface area contributed by atoms with Crippen LogP contribution in [-0.4, -0.2) is 33.0 Å². The van der Waals surface area contributed by atoms with Crippen LogP contribution in [0.2, 0.25) is 0 Å². The van der Waals surface area contributed by atoms with E-state index >= 15 is 0 Å². The molecule has 1 aromatic rings. The number of aromatic nitrogens is 4. The molecule has 0 atom stereocenters. The van der Waals surface area contributed by atoms with Crippen LogP contribution < -0.4 is 5.48 Å². The summed E-state index contributed by atoms with van der Waals surface area (Å²) < 4.78 is 34.7. The van der Waals surface area contributed by atoms with Gasteiger partial charge in [-0.2, -0.15) is 23.4 Å². The van der Waals surface area contributed by atoms with Crippen molar-refractivity contribution in [3.63, 3.8) is 0 Å². The minimum absolute atomic E-state index is 0.0239. The smallest absolute Gasteiger partial charge is 0.292 e. The number of nitrogens with one attached hydrogen (secondary N) is 1. The maximum absolute atomic E-state index is 11.6. The zero-order valence-electron chi connectivity index (χ0n) is 7.25. The standard InChI is InChI=1S/C5H8F3N5O/c1-13-11-4(10-12-13)2-9-14-3-5(6,7)8/h9H,2-3H2,1H3. The van der Waals surface area contributed by atoms with Crippen LogP contribution in [0.25, 0.3) is 0 Å². The zero-order valence-corrected chi connectivity index (χ0v) is 7.25. The number of hydrogen-bond donors (Lipinski definition) is 1. The average molecular weight is 211 g/mol. The highest BCUT2D eigenvalue weighted by atomic mass is 19.4. The predicted octanol–water partition coefficient (Wildman–Crippen LogP) is -0.206. The third-order valence-electron chi connectivity index (χ3n) is 1.12. The van der Waals surface area contributed by atoms with Crippen molar-refractivity contribution >= 4 is 0 Å². The first-order valence-electron chi connectivity index (χ1n) is 3.61. The van der Waals surface area contributed by atoms with E-state index in [1.54, 1.807) is 7.05 Å². The summed E-state index contributed by atoms with van der Waals surface area (Å²) in [6.07, 6.45) is -4.34. The lowest BCUT2D eigenvalue weighted by molar-refractivity contribution is -0.190. The van der Waals surface area contributed by atoms with Gasteiger partial charge in [0.05, 0.1) is 13.6 Å². The van der Waals surface area contributed by atoms with Gasteiger partial charge in [0, 0.05) is 0 Å². The van der Waals surface area contributed by atoms with Gasteiger partial charge < -0.3 is 0 Å². The minimum atomic E-state index is -4.34. The Morgan fingerprint density at radius 2 is 2.21 bits per heavy atom. The van der Waals surface area contributed by atoms with Gasteiger partial charge in [-0.05, 0) is 5.21 Å². The first-order chi connectivity index (χ1) is 6.47. The number of alkyl halides is 3.